The Morgan fingerprint density at radius 2 is 2.06 bits per heavy atom. The predicted octanol–water partition coefficient (Wildman–Crippen LogP) is 2.76. The van der Waals surface area contributed by atoms with Gasteiger partial charge in [-0.15, -0.1) is 0 Å². The van der Waals surface area contributed by atoms with Crippen molar-refractivity contribution < 1.29 is 9.47 Å². The van der Waals surface area contributed by atoms with E-state index in [-0.39, 0.29) is 0 Å². The molecular weight excluding hydrogens is 226 g/mol. The molecule has 0 radical (unpaired) electrons. The lowest BCUT2D eigenvalue weighted by Gasteiger charge is -2.22. The fourth-order valence-corrected chi connectivity index (χ4v) is 2.25. The summed E-state index contributed by atoms with van der Waals surface area (Å²) in [6.45, 7) is 5.35. The maximum atomic E-state index is 5.97. The van der Waals surface area contributed by atoms with Crippen LogP contribution >= 0.6 is 0 Å². The number of allylic oxidation sites excluding steroid dienone is 1. The molecule has 3 nitrogen and oxygen atoms in total. The van der Waals surface area contributed by atoms with Gasteiger partial charge in [0.15, 0.2) is 0 Å². The molecule has 0 saturated heterocycles. The van der Waals surface area contributed by atoms with E-state index in [4.69, 9.17) is 9.47 Å². The second-order valence-corrected chi connectivity index (χ2v) is 5.05. The van der Waals surface area contributed by atoms with Crippen LogP contribution in [0, 0.1) is 5.92 Å². The van der Waals surface area contributed by atoms with E-state index < -0.39 is 0 Å². The quantitative estimate of drug-likeness (QED) is 0.560. The molecule has 1 N–H and O–H groups in total. The molecule has 2 atom stereocenters. The number of rotatable bonds is 7. The van der Waals surface area contributed by atoms with Crippen molar-refractivity contribution in [3.63, 3.8) is 0 Å². The van der Waals surface area contributed by atoms with Gasteiger partial charge in [-0.05, 0) is 26.3 Å². The third-order valence-corrected chi connectivity index (χ3v) is 3.44. The summed E-state index contributed by atoms with van der Waals surface area (Å²) in [4.78, 5) is 0. The topological polar surface area (TPSA) is 30.5 Å². The standard InChI is InChI=1S/C15H29NO2/c1-14-8-6-4-3-5-7-9-15(14)18-13-12-17-11-10-16-2/h6,8,14-16H,3-5,7,9-13H2,1-2H3/b8-6-. The van der Waals surface area contributed by atoms with Gasteiger partial charge in [-0.2, -0.15) is 0 Å². The van der Waals surface area contributed by atoms with Crippen LogP contribution in [0.3, 0.4) is 0 Å². The van der Waals surface area contributed by atoms with Gasteiger partial charge < -0.3 is 14.8 Å². The third kappa shape index (κ3) is 7.14. The van der Waals surface area contributed by atoms with Crippen molar-refractivity contribution in [2.24, 2.45) is 5.92 Å². The fourth-order valence-electron chi connectivity index (χ4n) is 2.25. The zero-order chi connectivity index (χ0) is 13.1. The summed E-state index contributed by atoms with van der Waals surface area (Å²) >= 11 is 0. The Labute approximate surface area is 112 Å². The van der Waals surface area contributed by atoms with Gasteiger partial charge in [0.1, 0.15) is 0 Å². The predicted molar refractivity (Wildman–Crippen MR) is 75.9 cm³/mol. The minimum atomic E-state index is 0.368. The molecule has 0 spiro atoms. The summed E-state index contributed by atoms with van der Waals surface area (Å²) < 4.78 is 11.4. The molecule has 0 bridgehead atoms. The molecule has 0 heterocycles. The Hall–Kier alpha value is -0.380. The first-order valence-electron chi connectivity index (χ1n) is 7.35. The molecule has 0 amide bonds. The highest BCUT2D eigenvalue weighted by Crippen LogP contribution is 2.19. The average Bonchev–Trinajstić information content (AvgIpc) is 2.47. The van der Waals surface area contributed by atoms with Crippen LogP contribution in [0.5, 0.6) is 0 Å². The highest BCUT2D eigenvalue weighted by Gasteiger charge is 2.15. The summed E-state index contributed by atoms with van der Waals surface area (Å²) in [5.41, 5.74) is 0. The third-order valence-electron chi connectivity index (χ3n) is 3.44. The number of hydrogen-bond donors (Lipinski definition) is 1. The first kappa shape index (κ1) is 15.7. The van der Waals surface area contributed by atoms with Gasteiger partial charge in [-0.3, -0.25) is 0 Å². The molecule has 2 unspecified atom stereocenters. The van der Waals surface area contributed by atoms with Crippen LogP contribution in [0.25, 0.3) is 0 Å². The molecule has 1 aliphatic rings. The van der Waals surface area contributed by atoms with Crippen LogP contribution in [0.15, 0.2) is 12.2 Å². The minimum absolute atomic E-state index is 0.368. The van der Waals surface area contributed by atoms with E-state index in [1.54, 1.807) is 0 Å². The van der Waals surface area contributed by atoms with Crippen molar-refractivity contribution in [1.29, 1.82) is 0 Å². The molecular formula is C15H29NO2. The van der Waals surface area contributed by atoms with E-state index in [1.165, 1.54) is 32.1 Å². The molecule has 0 saturated carbocycles. The fraction of sp³-hybridized carbons (Fsp3) is 0.867. The number of ether oxygens (including phenoxy) is 2. The lowest BCUT2D eigenvalue weighted by Crippen LogP contribution is -2.23. The Bertz CT molecular complexity index is 219. The normalized spacial score (nSPS) is 27.2. The monoisotopic (exact) mass is 255 g/mol. The van der Waals surface area contributed by atoms with E-state index in [2.05, 4.69) is 24.4 Å². The Balaban J connectivity index is 2.16. The van der Waals surface area contributed by atoms with Crippen molar-refractivity contribution in [1.82, 2.24) is 5.32 Å². The van der Waals surface area contributed by atoms with Gasteiger partial charge in [0.2, 0.25) is 0 Å². The molecule has 3 heteroatoms. The highest BCUT2D eigenvalue weighted by molar-refractivity contribution is 4.91. The second kappa shape index (κ2) is 10.5. The van der Waals surface area contributed by atoms with Crippen molar-refractivity contribution in [2.45, 2.75) is 45.1 Å². The SMILES string of the molecule is CNCCOCCOC1CCCCC/C=C\C1C. The zero-order valence-electron chi connectivity index (χ0n) is 12.0. The number of likely N-dealkylation sites (N-methyl/N-ethyl adjacent to an activating group) is 1. The molecule has 0 aromatic heterocycles. The van der Waals surface area contributed by atoms with Crippen molar-refractivity contribution >= 4 is 0 Å². The number of hydrogen-bond acceptors (Lipinski definition) is 3. The Morgan fingerprint density at radius 1 is 1.17 bits per heavy atom. The van der Waals surface area contributed by atoms with Gasteiger partial charge in [-0.1, -0.05) is 31.9 Å². The van der Waals surface area contributed by atoms with Crippen molar-refractivity contribution in [3.05, 3.63) is 12.2 Å². The average molecular weight is 255 g/mol. The molecule has 0 fully saturated rings. The summed E-state index contributed by atoms with van der Waals surface area (Å²) in [6.07, 6.45) is 11.3. The molecule has 0 aromatic rings. The molecule has 106 valence electrons. The second-order valence-electron chi connectivity index (χ2n) is 5.05. The van der Waals surface area contributed by atoms with Crippen LogP contribution in [0.2, 0.25) is 0 Å². The molecule has 0 aromatic carbocycles. The maximum absolute atomic E-state index is 5.97. The lowest BCUT2D eigenvalue weighted by molar-refractivity contribution is -0.0136. The van der Waals surface area contributed by atoms with Gasteiger partial charge in [0.05, 0.1) is 25.9 Å². The maximum Gasteiger partial charge on any atom is 0.0704 e. The van der Waals surface area contributed by atoms with Gasteiger partial charge in [0, 0.05) is 12.5 Å². The molecule has 0 aliphatic heterocycles. The van der Waals surface area contributed by atoms with E-state index in [1.807, 2.05) is 7.05 Å². The van der Waals surface area contributed by atoms with E-state index in [9.17, 15) is 0 Å². The van der Waals surface area contributed by atoms with Crippen LogP contribution < -0.4 is 5.32 Å². The number of nitrogens with one attached hydrogen (secondary N) is 1. The molecule has 1 aliphatic carbocycles. The smallest absolute Gasteiger partial charge is 0.0704 e. The van der Waals surface area contributed by atoms with Crippen molar-refractivity contribution in [3.8, 4) is 0 Å². The van der Waals surface area contributed by atoms with Gasteiger partial charge >= 0.3 is 0 Å². The van der Waals surface area contributed by atoms with Crippen LogP contribution in [0.1, 0.15) is 39.0 Å². The molecule has 18 heavy (non-hydrogen) atoms. The van der Waals surface area contributed by atoms with Crippen molar-refractivity contribution in [2.75, 3.05) is 33.4 Å². The lowest BCUT2D eigenvalue weighted by atomic mass is 10.00. The van der Waals surface area contributed by atoms with Crippen LogP contribution in [-0.2, 0) is 9.47 Å². The van der Waals surface area contributed by atoms with E-state index in [0.29, 0.717) is 25.2 Å². The summed E-state index contributed by atoms with van der Waals surface area (Å²) in [5, 5.41) is 3.06. The van der Waals surface area contributed by atoms with Crippen LogP contribution in [-0.4, -0.2) is 39.5 Å². The highest BCUT2D eigenvalue weighted by atomic mass is 16.5. The zero-order valence-corrected chi connectivity index (χ0v) is 12.0. The van der Waals surface area contributed by atoms with E-state index >= 15 is 0 Å². The Morgan fingerprint density at radius 3 is 2.89 bits per heavy atom. The first-order valence-corrected chi connectivity index (χ1v) is 7.35. The summed E-state index contributed by atoms with van der Waals surface area (Å²) in [7, 11) is 1.94. The summed E-state index contributed by atoms with van der Waals surface area (Å²) in [5.74, 6) is 0.528. The summed E-state index contributed by atoms with van der Waals surface area (Å²) in [6, 6.07) is 0. The first-order chi connectivity index (χ1) is 8.84. The largest absolute Gasteiger partial charge is 0.378 e. The van der Waals surface area contributed by atoms with Gasteiger partial charge in [0.25, 0.3) is 0 Å². The Kier molecular flexibility index (Phi) is 9.17. The van der Waals surface area contributed by atoms with Gasteiger partial charge in [-0.25, -0.2) is 0 Å². The molecule has 1 rings (SSSR count). The van der Waals surface area contributed by atoms with E-state index in [0.717, 1.165) is 13.2 Å². The minimum Gasteiger partial charge on any atom is -0.378 e. The van der Waals surface area contributed by atoms with Crippen LogP contribution in [0.4, 0.5) is 0 Å².